The number of amides is 1. The van der Waals surface area contributed by atoms with E-state index < -0.39 is 0 Å². The number of nitrogens with zero attached hydrogens (tertiary/aromatic N) is 2. The fourth-order valence-electron chi connectivity index (χ4n) is 3.84. The number of aromatic amines is 1. The van der Waals surface area contributed by atoms with Crippen molar-refractivity contribution in [3.63, 3.8) is 0 Å². The maximum Gasteiger partial charge on any atom is 0.254 e. The van der Waals surface area contributed by atoms with E-state index in [2.05, 4.69) is 9.97 Å². The average molecular weight is 369 g/mol. The normalized spacial score (nSPS) is 17.1. The molecule has 6 heteroatoms. The molecule has 0 unspecified atom stereocenters. The average Bonchev–Trinajstić information content (AvgIpc) is 2.64. The molecule has 1 aliphatic rings. The lowest BCUT2D eigenvalue weighted by atomic mass is 9.95. The van der Waals surface area contributed by atoms with Crippen LogP contribution in [0.25, 0.3) is 0 Å². The van der Waals surface area contributed by atoms with E-state index >= 15 is 0 Å². The zero-order valence-electron chi connectivity index (χ0n) is 16.0. The van der Waals surface area contributed by atoms with Crippen LogP contribution in [0.3, 0.4) is 0 Å². The minimum atomic E-state index is -0.217. The molecule has 2 N–H and O–H groups in total. The molecule has 3 rings (SSSR count). The maximum atomic E-state index is 12.9. The SMILES string of the molecule is Cc1nc(C)c(CC(=O)N2CCCC[C@H]2CCc2ccc(O)cc2)c(=O)[nH]1. The Morgan fingerprint density at radius 2 is 2.00 bits per heavy atom. The first-order valence-corrected chi connectivity index (χ1v) is 9.58. The number of piperidine rings is 1. The van der Waals surface area contributed by atoms with Crippen LogP contribution in [-0.2, 0) is 17.6 Å². The van der Waals surface area contributed by atoms with Crippen LogP contribution in [0.15, 0.2) is 29.1 Å². The third-order valence-corrected chi connectivity index (χ3v) is 5.32. The first kappa shape index (κ1) is 19.1. The number of carbonyl (C=O) groups excluding carboxylic acids is 1. The van der Waals surface area contributed by atoms with Crippen LogP contribution in [0.2, 0.25) is 0 Å². The Bertz CT molecular complexity index is 858. The van der Waals surface area contributed by atoms with Gasteiger partial charge in [-0.15, -0.1) is 0 Å². The van der Waals surface area contributed by atoms with Gasteiger partial charge in [-0.3, -0.25) is 9.59 Å². The molecule has 1 aliphatic heterocycles. The Balaban J connectivity index is 1.68. The molecule has 1 atom stereocenters. The van der Waals surface area contributed by atoms with Crippen molar-refractivity contribution in [2.75, 3.05) is 6.54 Å². The number of phenols is 1. The van der Waals surface area contributed by atoms with Gasteiger partial charge in [-0.05, 0) is 63.6 Å². The van der Waals surface area contributed by atoms with E-state index in [0.29, 0.717) is 17.1 Å². The van der Waals surface area contributed by atoms with Gasteiger partial charge in [0.05, 0.1) is 6.42 Å². The van der Waals surface area contributed by atoms with E-state index in [1.807, 2.05) is 17.0 Å². The van der Waals surface area contributed by atoms with Crippen molar-refractivity contribution in [3.05, 3.63) is 57.3 Å². The van der Waals surface area contributed by atoms with E-state index in [1.165, 1.54) is 0 Å². The fourth-order valence-corrected chi connectivity index (χ4v) is 3.84. The minimum absolute atomic E-state index is 0.00431. The molecule has 0 saturated carbocycles. The lowest BCUT2D eigenvalue weighted by Gasteiger charge is -2.36. The zero-order chi connectivity index (χ0) is 19.4. The summed E-state index contributed by atoms with van der Waals surface area (Å²) < 4.78 is 0. The highest BCUT2D eigenvalue weighted by Gasteiger charge is 2.27. The van der Waals surface area contributed by atoms with Crippen molar-refractivity contribution >= 4 is 5.91 Å². The van der Waals surface area contributed by atoms with E-state index in [-0.39, 0.29) is 29.7 Å². The number of likely N-dealkylation sites (tertiary alicyclic amines) is 1. The van der Waals surface area contributed by atoms with Gasteiger partial charge >= 0.3 is 0 Å². The largest absolute Gasteiger partial charge is 0.508 e. The molecule has 0 aliphatic carbocycles. The van der Waals surface area contributed by atoms with Crippen molar-refractivity contribution in [3.8, 4) is 5.75 Å². The molecule has 1 fully saturated rings. The first-order chi connectivity index (χ1) is 12.9. The number of hydrogen-bond donors (Lipinski definition) is 2. The van der Waals surface area contributed by atoms with Crippen LogP contribution in [0.4, 0.5) is 0 Å². The Morgan fingerprint density at radius 1 is 1.26 bits per heavy atom. The Labute approximate surface area is 159 Å². The number of nitrogens with one attached hydrogen (secondary N) is 1. The summed E-state index contributed by atoms with van der Waals surface area (Å²) >= 11 is 0. The van der Waals surface area contributed by atoms with Gasteiger partial charge in [0.25, 0.3) is 5.56 Å². The predicted octanol–water partition coefficient (Wildman–Crippen LogP) is 2.65. The van der Waals surface area contributed by atoms with Gasteiger partial charge in [-0.2, -0.15) is 0 Å². The standard InChI is InChI=1S/C21H27N3O3/c1-14-19(21(27)23-15(2)22-14)13-20(26)24-12-4-3-5-17(24)9-6-16-7-10-18(25)11-8-16/h7-8,10-11,17,25H,3-6,9,12-13H2,1-2H3,(H,22,23,27)/t17-/m0/s1. The molecular formula is C21H27N3O3. The van der Waals surface area contributed by atoms with E-state index in [1.54, 1.807) is 26.0 Å². The van der Waals surface area contributed by atoms with Crippen LogP contribution in [0.1, 0.15) is 48.3 Å². The van der Waals surface area contributed by atoms with Gasteiger partial charge in [0.1, 0.15) is 11.6 Å². The molecule has 27 heavy (non-hydrogen) atoms. The van der Waals surface area contributed by atoms with E-state index in [9.17, 15) is 14.7 Å². The summed E-state index contributed by atoms with van der Waals surface area (Å²) in [5, 5.41) is 9.40. The number of rotatable bonds is 5. The number of aryl methyl sites for hydroxylation is 3. The monoisotopic (exact) mass is 369 g/mol. The molecule has 1 aromatic heterocycles. The molecule has 144 valence electrons. The third kappa shape index (κ3) is 4.76. The number of H-pyrrole nitrogens is 1. The molecule has 1 saturated heterocycles. The molecule has 2 heterocycles. The van der Waals surface area contributed by atoms with Crippen LogP contribution in [-0.4, -0.2) is 38.5 Å². The summed E-state index contributed by atoms with van der Waals surface area (Å²) in [7, 11) is 0. The van der Waals surface area contributed by atoms with E-state index in [4.69, 9.17) is 0 Å². The summed E-state index contributed by atoms with van der Waals surface area (Å²) in [5.41, 5.74) is 2.03. The highest BCUT2D eigenvalue weighted by Crippen LogP contribution is 2.23. The quantitative estimate of drug-likeness (QED) is 0.848. The number of aromatic nitrogens is 2. The molecule has 1 aromatic carbocycles. The Hall–Kier alpha value is -2.63. The second kappa shape index (κ2) is 8.37. The van der Waals surface area contributed by atoms with Gasteiger partial charge in [0, 0.05) is 23.8 Å². The molecular weight excluding hydrogens is 342 g/mol. The summed E-state index contributed by atoms with van der Waals surface area (Å²) in [5.74, 6) is 0.837. The summed E-state index contributed by atoms with van der Waals surface area (Å²) in [6.45, 7) is 4.27. The summed E-state index contributed by atoms with van der Waals surface area (Å²) in [6, 6.07) is 7.42. The smallest absolute Gasteiger partial charge is 0.254 e. The number of phenolic OH excluding ortho intramolecular Hbond substituents is 1. The Morgan fingerprint density at radius 3 is 2.70 bits per heavy atom. The molecule has 0 spiro atoms. The summed E-state index contributed by atoms with van der Waals surface area (Å²) in [6.07, 6.45) is 4.96. The number of carbonyl (C=O) groups is 1. The molecule has 0 radical (unpaired) electrons. The maximum absolute atomic E-state index is 12.9. The van der Waals surface area contributed by atoms with Gasteiger partial charge < -0.3 is 15.0 Å². The number of aromatic hydroxyl groups is 1. The van der Waals surface area contributed by atoms with Crippen molar-refractivity contribution < 1.29 is 9.90 Å². The third-order valence-electron chi connectivity index (χ3n) is 5.32. The lowest BCUT2D eigenvalue weighted by Crippen LogP contribution is -2.45. The van der Waals surface area contributed by atoms with Gasteiger partial charge in [0.2, 0.25) is 5.91 Å². The van der Waals surface area contributed by atoms with Crippen LogP contribution in [0, 0.1) is 13.8 Å². The summed E-state index contributed by atoms with van der Waals surface area (Å²) in [4.78, 5) is 34.1. The van der Waals surface area contributed by atoms with Crippen LogP contribution >= 0.6 is 0 Å². The predicted molar refractivity (Wildman–Crippen MR) is 104 cm³/mol. The van der Waals surface area contributed by atoms with Crippen molar-refractivity contribution in [2.24, 2.45) is 0 Å². The number of hydrogen-bond acceptors (Lipinski definition) is 4. The molecule has 1 amide bonds. The topological polar surface area (TPSA) is 86.3 Å². The minimum Gasteiger partial charge on any atom is -0.508 e. The Kier molecular flexibility index (Phi) is 5.94. The fraction of sp³-hybridized carbons (Fsp3) is 0.476. The lowest BCUT2D eigenvalue weighted by molar-refractivity contribution is -0.134. The van der Waals surface area contributed by atoms with E-state index in [0.717, 1.165) is 44.2 Å². The van der Waals surface area contributed by atoms with Crippen LogP contribution < -0.4 is 5.56 Å². The van der Waals surface area contributed by atoms with Crippen molar-refractivity contribution in [1.29, 1.82) is 0 Å². The zero-order valence-corrected chi connectivity index (χ0v) is 16.0. The van der Waals surface area contributed by atoms with Gasteiger partial charge in [0.15, 0.2) is 0 Å². The highest BCUT2D eigenvalue weighted by molar-refractivity contribution is 5.79. The van der Waals surface area contributed by atoms with Crippen molar-refractivity contribution in [1.82, 2.24) is 14.9 Å². The molecule has 2 aromatic rings. The van der Waals surface area contributed by atoms with Crippen molar-refractivity contribution in [2.45, 2.75) is 58.4 Å². The molecule has 6 nitrogen and oxygen atoms in total. The van der Waals surface area contributed by atoms with Gasteiger partial charge in [-0.25, -0.2) is 4.98 Å². The molecule has 0 bridgehead atoms. The highest BCUT2D eigenvalue weighted by atomic mass is 16.3. The van der Waals surface area contributed by atoms with Crippen LogP contribution in [0.5, 0.6) is 5.75 Å². The second-order valence-corrected chi connectivity index (χ2v) is 7.33. The van der Waals surface area contributed by atoms with Gasteiger partial charge in [-0.1, -0.05) is 12.1 Å². The number of benzene rings is 1. The first-order valence-electron chi connectivity index (χ1n) is 9.58. The second-order valence-electron chi connectivity index (χ2n) is 7.33.